The molecule has 1 aliphatic heterocycles. The van der Waals surface area contributed by atoms with Gasteiger partial charge < -0.3 is 4.74 Å². The van der Waals surface area contributed by atoms with Crippen LogP contribution in [0.2, 0.25) is 0 Å². The van der Waals surface area contributed by atoms with E-state index in [9.17, 15) is 8.42 Å². The summed E-state index contributed by atoms with van der Waals surface area (Å²) in [7, 11) is -3.59. The lowest BCUT2D eigenvalue weighted by Gasteiger charge is -2.31. The molecule has 6 nitrogen and oxygen atoms in total. The number of ether oxygens (including phenoxy) is 1. The zero-order valence-electron chi connectivity index (χ0n) is 15.0. The fraction of sp³-hybridized carbons (Fsp3) is 0.421. The average Bonchev–Trinajstić information content (AvgIpc) is 2.67. The van der Waals surface area contributed by atoms with Gasteiger partial charge in [0.2, 0.25) is 0 Å². The maximum Gasteiger partial charge on any atom is 0.302 e. The number of nitrogens with zero attached hydrogens (tertiary/aromatic N) is 2. The summed E-state index contributed by atoms with van der Waals surface area (Å²) in [6.07, 6.45) is 2.23. The molecule has 1 fully saturated rings. The molecule has 1 saturated heterocycles. The largest absolute Gasteiger partial charge is 0.373 e. The van der Waals surface area contributed by atoms with Crippen molar-refractivity contribution >= 4 is 16.0 Å². The predicted octanol–water partition coefficient (Wildman–Crippen LogP) is 2.98. The first-order valence-corrected chi connectivity index (χ1v) is 10.4. The Morgan fingerprint density at radius 1 is 1.12 bits per heavy atom. The van der Waals surface area contributed by atoms with Gasteiger partial charge in [0.15, 0.2) is 0 Å². The van der Waals surface area contributed by atoms with Gasteiger partial charge in [0, 0.05) is 18.8 Å². The van der Waals surface area contributed by atoms with Gasteiger partial charge in [-0.15, -0.1) is 0 Å². The third-order valence-corrected chi connectivity index (χ3v) is 5.98. The van der Waals surface area contributed by atoms with E-state index < -0.39 is 10.2 Å². The molecule has 2 heterocycles. The third kappa shape index (κ3) is 5.03. The van der Waals surface area contributed by atoms with E-state index in [2.05, 4.69) is 9.71 Å². The van der Waals surface area contributed by atoms with Gasteiger partial charge in [-0.3, -0.25) is 4.72 Å². The minimum absolute atomic E-state index is 0.0863. The lowest BCUT2D eigenvalue weighted by molar-refractivity contribution is 0.0103. The van der Waals surface area contributed by atoms with Crippen LogP contribution in [0.5, 0.6) is 0 Å². The van der Waals surface area contributed by atoms with Crippen LogP contribution >= 0.6 is 0 Å². The highest BCUT2D eigenvalue weighted by molar-refractivity contribution is 7.90. The first kappa shape index (κ1) is 18.8. The van der Waals surface area contributed by atoms with E-state index in [1.807, 2.05) is 49.4 Å². The molecule has 0 aliphatic carbocycles. The molecule has 7 heteroatoms. The number of hydrogen-bond acceptors (Lipinski definition) is 4. The summed E-state index contributed by atoms with van der Waals surface area (Å²) in [6.45, 7) is 3.44. The number of hydrogen-bond donors (Lipinski definition) is 1. The Morgan fingerprint density at radius 3 is 2.54 bits per heavy atom. The van der Waals surface area contributed by atoms with Crippen molar-refractivity contribution in [2.24, 2.45) is 0 Å². The maximum absolute atomic E-state index is 12.6. The van der Waals surface area contributed by atoms with Crippen molar-refractivity contribution in [1.29, 1.82) is 0 Å². The molecular formula is C19H25N3O3S. The molecule has 140 valence electrons. The van der Waals surface area contributed by atoms with Gasteiger partial charge >= 0.3 is 10.2 Å². The molecule has 2 aromatic rings. The van der Waals surface area contributed by atoms with Crippen LogP contribution < -0.4 is 4.72 Å². The fourth-order valence-corrected chi connectivity index (χ4v) is 4.16. The summed E-state index contributed by atoms with van der Waals surface area (Å²) in [5.41, 5.74) is 1.99. The number of anilines is 1. The van der Waals surface area contributed by atoms with E-state index in [1.165, 1.54) is 4.31 Å². The minimum Gasteiger partial charge on any atom is -0.373 e. The van der Waals surface area contributed by atoms with E-state index in [-0.39, 0.29) is 6.10 Å². The Hall–Kier alpha value is -1.96. The maximum atomic E-state index is 12.6. The van der Waals surface area contributed by atoms with E-state index in [0.717, 1.165) is 17.7 Å². The van der Waals surface area contributed by atoms with Crippen LogP contribution in [-0.2, 0) is 28.0 Å². The standard InChI is InChI=1S/C19H25N3O3S/c1-2-17-9-6-10-19(20-17)21-26(23,24)22-13-11-18(12-14-22)25-15-16-7-4-3-5-8-16/h3-10,18H,2,11-15H2,1H3,(H,20,21). The Morgan fingerprint density at radius 2 is 1.85 bits per heavy atom. The van der Waals surface area contributed by atoms with Crippen molar-refractivity contribution in [3.63, 3.8) is 0 Å². The second-order valence-electron chi connectivity index (χ2n) is 6.37. The van der Waals surface area contributed by atoms with Crippen molar-refractivity contribution in [2.75, 3.05) is 17.8 Å². The smallest absolute Gasteiger partial charge is 0.302 e. The summed E-state index contributed by atoms with van der Waals surface area (Å²) in [5, 5.41) is 0. The minimum atomic E-state index is -3.59. The molecule has 0 atom stereocenters. The molecule has 1 aromatic carbocycles. The quantitative estimate of drug-likeness (QED) is 0.808. The molecule has 1 aliphatic rings. The van der Waals surface area contributed by atoms with Crippen molar-refractivity contribution in [3.05, 3.63) is 59.8 Å². The summed E-state index contributed by atoms with van der Waals surface area (Å²) in [5.74, 6) is 0.367. The van der Waals surface area contributed by atoms with E-state index >= 15 is 0 Å². The second kappa shape index (κ2) is 8.62. The van der Waals surface area contributed by atoms with Gasteiger partial charge in [-0.25, -0.2) is 4.98 Å². The molecule has 3 rings (SSSR count). The predicted molar refractivity (Wildman–Crippen MR) is 102 cm³/mol. The highest BCUT2D eigenvalue weighted by atomic mass is 32.2. The lowest BCUT2D eigenvalue weighted by atomic mass is 10.1. The number of rotatable bonds is 7. The second-order valence-corrected chi connectivity index (χ2v) is 8.04. The molecule has 0 amide bonds. The van der Waals surface area contributed by atoms with Crippen LogP contribution in [0.4, 0.5) is 5.82 Å². The van der Waals surface area contributed by atoms with Gasteiger partial charge in [-0.05, 0) is 37.0 Å². The lowest BCUT2D eigenvalue weighted by Crippen LogP contribution is -2.43. The van der Waals surface area contributed by atoms with Crippen LogP contribution in [0, 0.1) is 0 Å². The number of pyridine rings is 1. The SMILES string of the molecule is CCc1cccc(NS(=O)(=O)N2CCC(OCc3ccccc3)CC2)n1. The molecule has 0 saturated carbocycles. The van der Waals surface area contributed by atoms with Crippen LogP contribution in [0.1, 0.15) is 31.0 Å². The van der Waals surface area contributed by atoms with Gasteiger partial charge in [0.25, 0.3) is 0 Å². The van der Waals surface area contributed by atoms with Crippen LogP contribution in [0.3, 0.4) is 0 Å². The van der Waals surface area contributed by atoms with Crippen molar-refractivity contribution in [1.82, 2.24) is 9.29 Å². The Kier molecular flexibility index (Phi) is 6.24. The highest BCUT2D eigenvalue weighted by Gasteiger charge is 2.28. The Balaban J connectivity index is 1.51. The first-order chi connectivity index (χ1) is 12.6. The van der Waals surface area contributed by atoms with Crippen molar-refractivity contribution in [2.45, 2.75) is 38.9 Å². The third-order valence-electron chi connectivity index (χ3n) is 4.47. The van der Waals surface area contributed by atoms with Gasteiger partial charge in [0.05, 0.1) is 12.7 Å². The number of aromatic nitrogens is 1. The first-order valence-electron chi connectivity index (χ1n) is 8.96. The van der Waals surface area contributed by atoms with Gasteiger partial charge in [0.1, 0.15) is 5.82 Å². The van der Waals surface area contributed by atoms with E-state index in [1.54, 1.807) is 6.07 Å². The van der Waals surface area contributed by atoms with Gasteiger partial charge in [-0.2, -0.15) is 12.7 Å². The summed E-state index contributed by atoms with van der Waals surface area (Å²) < 4.78 is 35.1. The number of aryl methyl sites for hydroxylation is 1. The Labute approximate surface area is 155 Å². The normalized spacial score (nSPS) is 16.5. The van der Waals surface area contributed by atoms with Crippen molar-refractivity contribution in [3.8, 4) is 0 Å². The number of benzene rings is 1. The van der Waals surface area contributed by atoms with Gasteiger partial charge in [-0.1, -0.05) is 43.3 Å². The van der Waals surface area contributed by atoms with Crippen LogP contribution in [0.25, 0.3) is 0 Å². The highest BCUT2D eigenvalue weighted by Crippen LogP contribution is 2.19. The van der Waals surface area contributed by atoms with Crippen molar-refractivity contribution < 1.29 is 13.2 Å². The molecule has 0 bridgehead atoms. The zero-order valence-corrected chi connectivity index (χ0v) is 15.8. The van der Waals surface area contributed by atoms with Crippen LogP contribution in [0.15, 0.2) is 48.5 Å². The van der Waals surface area contributed by atoms with E-state index in [0.29, 0.717) is 38.4 Å². The molecule has 1 N–H and O–H groups in total. The average molecular weight is 375 g/mol. The molecule has 26 heavy (non-hydrogen) atoms. The number of nitrogens with one attached hydrogen (secondary N) is 1. The summed E-state index contributed by atoms with van der Waals surface area (Å²) in [4.78, 5) is 4.31. The fourth-order valence-electron chi connectivity index (χ4n) is 2.96. The van der Waals surface area contributed by atoms with E-state index in [4.69, 9.17) is 4.74 Å². The van der Waals surface area contributed by atoms with Crippen LogP contribution in [-0.4, -0.2) is 36.9 Å². The topological polar surface area (TPSA) is 71.5 Å². The number of piperidine rings is 1. The zero-order chi connectivity index (χ0) is 18.4. The monoisotopic (exact) mass is 375 g/mol. The molecule has 0 radical (unpaired) electrons. The molecule has 0 spiro atoms. The molecule has 0 unspecified atom stereocenters. The Bertz CT molecular complexity index is 804. The summed E-state index contributed by atoms with van der Waals surface area (Å²) in [6, 6.07) is 15.4. The molecule has 1 aromatic heterocycles. The summed E-state index contributed by atoms with van der Waals surface area (Å²) >= 11 is 0. The molecular weight excluding hydrogens is 350 g/mol.